The molecule has 1 N–H and O–H groups in total. The molecule has 5 nitrogen and oxygen atoms in total. The largest absolute Gasteiger partial charge is 0.495 e. The van der Waals surface area contributed by atoms with Gasteiger partial charge in [-0.1, -0.05) is 17.7 Å². The first-order valence-corrected chi connectivity index (χ1v) is 6.86. The van der Waals surface area contributed by atoms with Crippen LogP contribution in [0.3, 0.4) is 0 Å². The number of nitrogens with zero attached hydrogens (tertiary/aromatic N) is 1. The number of benzene rings is 1. The van der Waals surface area contributed by atoms with E-state index in [1.54, 1.807) is 19.2 Å². The van der Waals surface area contributed by atoms with Crippen molar-refractivity contribution in [3.8, 4) is 5.75 Å². The summed E-state index contributed by atoms with van der Waals surface area (Å²) in [6, 6.07) is 4.82. The molecule has 0 saturated carbocycles. The number of hydrogen-bond donors (Lipinski definition) is 1. The molecule has 1 atom stereocenters. The van der Waals surface area contributed by atoms with Crippen LogP contribution in [0.25, 0.3) is 0 Å². The highest BCUT2D eigenvalue weighted by atomic mass is 35.5. The van der Waals surface area contributed by atoms with Gasteiger partial charge in [0.2, 0.25) is 0 Å². The van der Waals surface area contributed by atoms with E-state index < -0.39 is 12.0 Å². The van der Waals surface area contributed by atoms with Gasteiger partial charge in [0.05, 0.1) is 25.3 Å². The van der Waals surface area contributed by atoms with Crippen molar-refractivity contribution in [1.82, 2.24) is 4.90 Å². The molecule has 2 rings (SSSR count). The monoisotopic (exact) mass is 299 g/mol. The standard InChI is InChI=1S/C14H18ClNO4/c1-19-13-3-2-10(8-11(13)15)9-12(14(17)18)16-4-6-20-7-5-16/h2-3,8,12H,4-7,9H2,1H3,(H,17,18). The Morgan fingerprint density at radius 1 is 1.50 bits per heavy atom. The summed E-state index contributed by atoms with van der Waals surface area (Å²) in [7, 11) is 1.55. The normalized spacial score (nSPS) is 17.7. The smallest absolute Gasteiger partial charge is 0.321 e. The number of ether oxygens (including phenoxy) is 2. The van der Waals surface area contributed by atoms with Crippen LogP contribution in [0.15, 0.2) is 18.2 Å². The SMILES string of the molecule is COc1ccc(CC(C(=O)O)N2CCOCC2)cc1Cl. The zero-order valence-electron chi connectivity index (χ0n) is 11.3. The Hall–Kier alpha value is -1.30. The lowest BCUT2D eigenvalue weighted by Gasteiger charge is -2.32. The fourth-order valence-corrected chi connectivity index (χ4v) is 2.60. The number of carboxylic acids is 1. The van der Waals surface area contributed by atoms with Gasteiger partial charge in [-0.05, 0) is 24.1 Å². The van der Waals surface area contributed by atoms with Gasteiger partial charge in [-0.15, -0.1) is 0 Å². The van der Waals surface area contributed by atoms with E-state index in [0.717, 1.165) is 5.56 Å². The van der Waals surface area contributed by atoms with Crippen LogP contribution in [-0.4, -0.2) is 55.4 Å². The van der Waals surface area contributed by atoms with E-state index in [1.165, 1.54) is 0 Å². The Balaban J connectivity index is 2.11. The molecule has 0 radical (unpaired) electrons. The minimum atomic E-state index is -0.821. The highest BCUT2D eigenvalue weighted by molar-refractivity contribution is 6.32. The maximum Gasteiger partial charge on any atom is 0.321 e. The first-order chi connectivity index (χ1) is 9.61. The third-order valence-electron chi connectivity index (χ3n) is 3.42. The van der Waals surface area contributed by atoms with Gasteiger partial charge >= 0.3 is 5.97 Å². The molecule has 1 aromatic carbocycles. The van der Waals surface area contributed by atoms with Gasteiger partial charge < -0.3 is 14.6 Å². The van der Waals surface area contributed by atoms with Crippen LogP contribution in [0.4, 0.5) is 0 Å². The minimum absolute atomic E-state index is 0.416. The maximum atomic E-state index is 11.5. The van der Waals surface area contributed by atoms with Crippen molar-refractivity contribution in [1.29, 1.82) is 0 Å². The Labute approximate surface area is 123 Å². The third kappa shape index (κ3) is 3.62. The Morgan fingerprint density at radius 3 is 2.75 bits per heavy atom. The van der Waals surface area contributed by atoms with Gasteiger partial charge in [0.15, 0.2) is 0 Å². The predicted molar refractivity (Wildman–Crippen MR) is 75.5 cm³/mol. The Morgan fingerprint density at radius 2 is 2.20 bits per heavy atom. The molecule has 1 heterocycles. The van der Waals surface area contributed by atoms with Crippen molar-refractivity contribution in [3.63, 3.8) is 0 Å². The summed E-state index contributed by atoms with van der Waals surface area (Å²) in [5.41, 5.74) is 0.884. The van der Waals surface area contributed by atoms with E-state index in [4.69, 9.17) is 21.1 Å². The Bertz CT molecular complexity index is 474. The lowest BCUT2D eigenvalue weighted by Crippen LogP contribution is -2.48. The van der Waals surface area contributed by atoms with Crippen molar-refractivity contribution < 1.29 is 19.4 Å². The first kappa shape index (κ1) is 15.1. The van der Waals surface area contributed by atoms with Crippen molar-refractivity contribution in [2.75, 3.05) is 33.4 Å². The molecule has 20 heavy (non-hydrogen) atoms. The fourth-order valence-electron chi connectivity index (χ4n) is 2.32. The van der Waals surface area contributed by atoms with E-state index in [-0.39, 0.29) is 0 Å². The van der Waals surface area contributed by atoms with E-state index in [9.17, 15) is 9.90 Å². The van der Waals surface area contributed by atoms with E-state index in [1.807, 2.05) is 11.0 Å². The van der Waals surface area contributed by atoms with E-state index >= 15 is 0 Å². The highest BCUT2D eigenvalue weighted by Crippen LogP contribution is 2.26. The first-order valence-electron chi connectivity index (χ1n) is 6.49. The maximum absolute atomic E-state index is 11.5. The summed E-state index contributed by atoms with van der Waals surface area (Å²) in [5, 5.41) is 9.91. The van der Waals surface area contributed by atoms with Crippen molar-refractivity contribution in [2.45, 2.75) is 12.5 Å². The predicted octanol–water partition coefficient (Wildman–Crippen LogP) is 1.68. The summed E-state index contributed by atoms with van der Waals surface area (Å²) >= 11 is 6.07. The summed E-state index contributed by atoms with van der Waals surface area (Å²) in [6.07, 6.45) is 0.416. The molecular weight excluding hydrogens is 282 g/mol. The number of aliphatic carboxylic acids is 1. The lowest BCUT2D eigenvalue weighted by molar-refractivity contribution is -0.145. The zero-order valence-corrected chi connectivity index (χ0v) is 12.1. The molecule has 0 aromatic heterocycles. The van der Waals surface area contributed by atoms with Crippen LogP contribution in [0.2, 0.25) is 5.02 Å². The van der Waals surface area contributed by atoms with Gasteiger partial charge in [0.25, 0.3) is 0 Å². The van der Waals surface area contributed by atoms with Crippen LogP contribution in [0.5, 0.6) is 5.75 Å². The zero-order chi connectivity index (χ0) is 14.5. The second-order valence-electron chi connectivity index (χ2n) is 4.68. The number of hydrogen-bond acceptors (Lipinski definition) is 4. The molecule has 1 aliphatic heterocycles. The summed E-state index contributed by atoms with van der Waals surface area (Å²) in [4.78, 5) is 13.4. The number of carboxylic acid groups (broad SMARTS) is 1. The molecule has 0 amide bonds. The topological polar surface area (TPSA) is 59.0 Å². The minimum Gasteiger partial charge on any atom is -0.495 e. The molecule has 6 heteroatoms. The molecule has 0 bridgehead atoms. The molecule has 0 spiro atoms. The Kier molecular flexibility index (Phi) is 5.23. The second-order valence-corrected chi connectivity index (χ2v) is 5.08. The average molecular weight is 300 g/mol. The van der Waals surface area contributed by atoms with Crippen LogP contribution in [-0.2, 0) is 16.0 Å². The van der Waals surface area contributed by atoms with Gasteiger partial charge in [0, 0.05) is 13.1 Å². The molecule has 1 unspecified atom stereocenters. The fraction of sp³-hybridized carbons (Fsp3) is 0.500. The van der Waals surface area contributed by atoms with Gasteiger partial charge in [0.1, 0.15) is 11.8 Å². The lowest BCUT2D eigenvalue weighted by atomic mass is 10.0. The van der Waals surface area contributed by atoms with E-state index in [2.05, 4.69) is 0 Å². The van der Waals surface area contributed by atoms with E-state index in [0.29, 0.717) is 43.5 Å². The van der Waals surface area contributed by atoms with Gasteiger partial charge in [-0.3, -0.25) is 9.69 Å². The van der Waals surface area contributed by atoms with Crippen LogP contribution in [0, 0.1) is 0 Å². The highest BCUT2D eigenvalue weighted by Gasteiger charge is 2.27. The molecule has 110 valence electrons. The summed E-state index contributed by atoms with van der Waals surface area (Å²) in [5.74, 6) is -0.229. The second kappa shape index (κ2) is 6.92. The summed E-state index contributed by atoms with van der Waals surface area (Å²) < 4.78 is 10.4. The molecule has 1 fully saturated rings. The van der Waals surface area contributed by atoms with Gasteiger partial charge in [-0.2, -0.15) is 0 Å². The molecule has 1 aromatic rings. The average Bonchev–Trinajstić information content (AvgIpc) is 2.45. The molecule has 1 aliphatic rings. The number of halogens is 1. The number of carbonyl (C=O) groups is 1. The molecule has 1 saturated heterocycles. The summed E-state index contributed by atoms with van der Waals surface area (Å²) in [6.45, 7) is 2.43. The van der Waals surface area contributed by atoms with Crippen LogP contribution < -0.4 is 4.74 Å². The molecular formula is C14H18ClNO4. The number of morpholine rings is 1. The number of methoxy groups -OCH3 is 1. The van der Waals surface area contributed by atoms with Crippen molar-refractivity contribution in [3.05, 3.63) is 28.8 Å². The van der Waals surface area contributed by atoms with Crippen LogP contribution >= 0.6 is 11.6 Å². The third-order valence-corrected chi connectivity index (χ3v) is 3.71. The quantitative estimate of drug-likeness (QED) is 0.896. The van der Waals surface area contributed by atoms with Crippen molar-refractivity contribution in [2.24, 2.45) is 0 Å². The number of rotatable bonds is 5. The van der Waals surface area contributed by atoms with Crippen molar-refractivity contribution >= 4 is 17.6 Å². The molecule has 0 aliphatic carbocycles. The van der Waals surface area contributed by atoms with Gasteiger partial charge in [-0.25, -0.2) is 0 Å². The van der Waals surface area contributed by atoms with Crippen LogP contribution in [0.1, 0.15) is 5.56 Å².